The van der Waals surface area contributed by atoms with Gasteiger partial charge in [0, 0.05) is 19.6 Å². The van der Waals surface area contributed by atoms with Crippen LogP contribution in [0, 0.1) is 5.82 Å². The number of anilines is 1. The van der Waals surface area contributed by atoms with Crippen LogP contribution in [0.15, 0.2) is 30.5 Å². The molecule has 1 aliphatic rings. The Labute approximate surface area is 138 Å². The first kappa shape index (κ1) is 15.7. The quantitative estimate of drug-likeness (QED) is 0.934. The van der Waals surface area contributed by atoms with Gasteiger partial charge >= 0.3 is 0 Å². The molecule has 0 atom stereocenters. The van der Waals surface area contributed by atoms with Gasteiger partial charge in [-0.25, -0.2) is 14.4 Å². The second-order valence-corrected chi connectivity index (χ2v) is 5.78. The molecule has 2 aromatic rings. The van der Waals surface area contributed by atoms with Crippen LogP contribution in [0.3, 0.4) is 0 Å². The predicted octanol–water partition coefficient (Wildman–Crippen LogP) is 2.80. The molecule has 5 nitrogen and oxygen atoms in total. The van der Waals surface area contributed by atoms with E-state index in [-0.39, 0.29) is 29.0 Å². The van der Waals surface area contributed by atoms with Gasteiger partial charge in [0.1, 0.15) is 5.82 Å². The van der Waals surface area contributed by atoms with Gasteiger partial charge in [0.05, 0.1) is 11.2 Å². The minimum Gasteiger partial charge on any atom is -0.347 e. The lowest BCUT2D eigenvalue weighted by molar-refractivity contribution is 0.0946. The Bertz CT molecular complexity index is 702. The fourth-order valence-electron chi connectivity index (χ4n) is 2.45. The van der Waals surface area contributed by atoms with Crippen LogP contribution in [0.4, 0.5) is 10.3 Å². The molecule has 0 spiro atoms. The molecule has 3 rings (SSSR count). The lowest BCUT2D eigenvalue weighted by Crippen LogP contribution is -2.26. The lowest BCUT2D eigenvalue weighted by Gasteiger charge is -2.16. The van der Waals surface area contributed by atoms with E-state index in [2.05, 4.69) is 15.3 Å². The van der Waals surface area contributed by atoms with E-state index in [9.17, 15) is 9.18 Å². The maximum Gasteiger partial charge on any atom is 0.271 e. The molecule has 1 saturated heterocycles. The average molecular weight is 335 g/mol. The van der Waals surface area contributed by atoms with Gasteiger partial charge in [-0.05, 0) is 30.5 Å². The number of hydrogen-bond donors (Lipinski definition) is 1. The second kappa shape index (κ2) is 6.91. The summed E-state index contributed by atoms with van der Waals surface area (Å²) >= 11 is 6.05. The number of amides is 1. The molecule has 1 amide bonds. The van der Waals surface area contributed by atoms with E-state index in [4.69, 9.17) is 11.6 Å². The first-order valence-electron chi connectivity index (χ1n) is 7.43. The smallest absolute Gasteiger partial charge is 0.271 e. The van der Waals surface area contributed by atoms with Crippen molar-refractivity contribution in [3.8, 4) is 0 Å². The molecule has 0 unspecified atom stereocenters. The number of carbonyl (C=O) groups is 1. The Hall–Kier alpha value is -2.21. The van der Waals surface area contributed by atoms with Crippen LogP contribution in [0.1, 0.15) is 28.9 Å². The first-order chi connectivity index (χ1) is 11.1. The van der Waals surface area contributed by atoms with Gasteiger partial charge in [-0.3, -0.25) is 4.79 Å². The molecule has 1 N–H and O–H groups in total. The Balaban J connectivity index is 1.70. The lowest BCUT2D eigenvalue weighted by atomic mass is 10.2. The predicted molar refractivity (Wildman–Crippen MR) is 86.1 cm³/mol. The summed E-state index contributed by atoms with van der Waals surface area (Å²) in [6.45, 7) is 2.05. The van der Waals surface area contributed by atoms with Gasteiger partial charge in [0.25, 0.3) is 5.91 Å². The molecule has 1 aromatic carbocycles. The van der Waals surface area contributed by atoms with Crippen molar-refractivity contribution in [3.05, 3.63) is 52.6 Å². The minimum absolute atomic E-state index is 0.158. The highest BCUT2D eigenvalue weighted by Gasteiger charge is 2.19. The number of aromatic nitrogens is 2. The Morgan fingerprint density at radius 2 is 1.96 bits per heavy atom. The van der Waals surface area contributed by atoms with Crippen molar-refractivity contribution in [3.63, 3.8) is 0 Å². The molecular formula is C16H16ClFN4O. The van der Waals surface area contributed by atoms with Gasteiger partial charge in [-0.1, -0.05) is 23.7 Å². The van der Waals surface area contributed by atoms with Crippen LogP contribution in [0.25, 0.3) is 0 Å². The molecule has 0 radical (unpaired) electrons. The molecule has 1 aromatic heterocycles. The average Bonchev–Trinajstić information content (AvgIpc) is 3.09. The molecular weight excluding hydrogens is 319 g/mol. The molecule has 1 aliphatic heterocycles. The number of benzene rings is 1. The molecule has 2 heterocycles. The van der Waals surface area contributed by atoms with Gasteiger partial charge in [0.2, 0.25) is 5.95 Å². The van der Waals surface area contributed by atoms with Crippen molar-refractivity contribution < 1.29 is 9.18 Å². The minimum atomic E-state index is -0.373. The zero-order valence-electron chi connectivity index (χ0n) is 12.4. The third kappa shape index (κ3) is 3.76. The van der Waals surface area contributed by atoms with Crippen molar-refractivity contribution in [2.75, 3.05) is 18.0 Å². The maximum absolute atomic E-state index is 12.9. The summed E-state index contributed by atoms with van der Waals surface area (Å²) in [5, 5.41) is 2.95. The van der Waals surface area contributed by atoms with E-state index in [1.54, 1.807) is 12.1 Å². The number of nitrogens with one attached hydrogen (secondary N) is 1. The molecule has 0 bridgehead atoms. The zero-order chi connectivity index (χ0) is 16.2. The van der Waals surface area contributed by atoms with Crippen LogP contribution in [0.2, 0.25) is 5.02 Å². The molecule has 1 fully saturated rings. The highest BCUT2D eigenvalue weighted by Crippen LogP contribution is 2.19. The zero-order valence-corrected chi connectivity index (χ0v) is 13.2. The van der Waals surface area contributed by atoms with E-state index >= 15 is 0 Å². The number of rotatable bonds is 4. The van der Waals surface area contributed by atoms with E-state index in [0.717, 1.165) is 31.5 Å². The van der Waals surface area contributed by atoms with Gasteiger partial charge in [-0.15, -0.1) is 0 Å². The summed E-state index contributed by atoms with van der Waals surface area (Å²) in [4.78, 5) is 22.8. The largest absolute Gasteiger partial charge is 0.347 e. The SMILES string of the molecule is O=C(NCc1ccc(F)cc1)c1nc(N2CCCC2)ncc1Cl. The molecule has 120 valence electrons. The standard InChI is InChI=1S/C16H16ClFN4O/c17-13-10-20-16(22-7-1-2-8-22)21-14(13)15(23)19-9-11-3-5-12(18)6-4-11/h3-6,10H,1-2,7-9H2,(H,19,23). The van der Waals surface area contributed by atoms with Crippen molar-refractivity contribution in [1.82, 2.24) is 15.3 Å². The summed E-state index contributed by atoms with van der Waals surface area (Å²) in [5.74, 6) is -0.157. The summed E-state index contributed by atoms with van der Waals surface area (Å²) in [5.41, 5.74) is 0.954. The van der Waals surface area contributed by atoms with Crippen molar-refractivity contribution in [2.24, 2.45) is 0 Å². The number of halogens is 2. The van der Waals surface area contributed by atoms with E-state index in [1.165, 1.54) is 18.3 Å². The summed E-state index contributed by atoms with van der Waals surface area (Å²) in [6.07, 6.45) is 3.64. The Morgan fingerprint density at radius 3 is 2.65 bits per heavy atom. The van der Waals surface area contributed by atoms with Crippen LogP contribution >= 0.6 is 11.6 Å². The second-order valence-electron chi connectivity index (χ2n) is 5.37. The molecule has 0 aliphatic carbocycles. The van der Waals surface area contributed by atoms with Crippen LogP contribution in [-0.4, -0.2) is 29.0 Å². The van der Waals surface area contributed by atoms with Crippen molar-refractivity contribution in [2.45, 2.75) is 19.4 Å². The fourth-order valence-corrected chi connectivity index (χ4v) is 2.63. The highest BCUT2D eigenvalue weighted by molar-refractivity contribution is 6.33. The van der Waals surface area contributed by atoms with Crippen LogP contribution in [0.5, 0.6) is 0 Å². The maximum atomic E-state index is 12.9. The van der Waals surface area contributed by atoms with Crippen molar-refractivity contribution in [1.29, 1.82) is 0 Å². The Morgan fingerprint density at radius 1 is 1.26 bits per heavy atom. The van der Waals surface area contributed by atoms with E-state index < -0.39 is 0 Å². The normalized spacial score (nSPS) is 14.1. The highest BCUT2D eigenvalue weighted by atomic mass is 35.5. The Kier molecular flexibility index (Phi) is 4.71. The van der Waals surface area contributed by atoms with Gasteiger partial charge in [-0.2, -0.15) is 0 Å². The molecule has 7 heteroatoms. The third-order valence-corrected chi connectivity index (χ3v) is 3.98. The monoisotopic (exact) mass is 334 g/mol. The van der Waals surface area contributed by atoms with Gasteiger partial charge < -0.3 is 10.2 Å². The first-order valence-corrected chi connectivity index (χ1v) is 7.81. The van der Waals surface area contributed by atoms with E-state index in [1.807, 2.05) is 4.90 Å². The number of hydrogen-bond acceptors (Lipinski definition) is 4. The summed E-state index contributed by atoms with van der Waals surface area (Å²) in [7, 11) is 0. The van der Waals surface area contributed by atoms with Crippen molar-refractivity contribution >= 4 is 23.5 Å². The number of carbonyl (C=O) groups excluding carboxylic acids is 1. The van der Waals surface area contributed by atoms with Crippen LogP contribution < -0.4 is 10.2 Å². The van der Waals surface area contributed by atoms with E-state index in [0.29, 0.717) is 5.95 Å². The number of nitrogens with zero attached hydrogens (tertiary/aromatic N) is 3. The topological polar surface area (TPSA) is 58.1 Å². The third-order valence-electron chi connectivity index (χ3n) is 3.70. The summed E-state index contributed by atoms with van der Waals surface area (Å²) < 4.78 is 12.9. The van der Waals surface area contributed by atoms with Gasteiger partial charge in [0.15, 0.2) is 5.69 Å². The summed E-state index contributed by atoms with van der Waals surface area (Å²) in [6, 6.07) is 5.94. The fraction of sp³-hybridized carbons (Fsp3) is 0.312. The van der Waals surface area contributed by atoms with Crippen LogP contribution in [-0.2, 0) is 6.54 Å². The molecule has 0 saturated carbocycles. The molecule has 23 heavy (non-hydrogen) atoms.